The first-order chi connectivity index (χ1) is 10.7. The zero-order valence-corrected chi connectivity index (χ0v) is 13.8. The molecule has 2 rings (SSSR count). The van der Waals surface area contributed by atoms with Gasteiger partial charge in [0.05, 0.1) is 13.2 Å². The monoisotopic (exact) mass is 334 g/mol. The van der Waals surface area contributed by atoms with E-state index < -0.39 is 0 Å². The number of hydrogen-bond donors (Lipinski definition) is 2. The van der Waals surface area contributed by atoms with E-state index in [0.29, 0.717) is 17.9 Å². The van der Waals surface area contributed by atoms with Gasteiger partial charge in [-0.2, -0.15) is 0 Å². The van der Waals surface area contributed by atoms with Crippen molar-refractivity contribution in [3.05, 3.63) is 68.9 Å². The van der Waals surface area contributed by atoms with E-state index in [1.807, 2.05) is 42.5 Å². The third-order valence-corrected chi connectivity index (χ3v) is 4.04. The van der Waals surface area contributed by atoms with Gasteiger partial charge in [0.15, 0.2) is 0 Å². The summed E-state index contributed by atoms with van der Waals surface area (Å²) in [6.07, 6.45) is 8.08. The van der Waals surface area contributed by atoms with Crippen LogP contribution in [-0.2, 0) is 19.4 Å². The molecule has 0 saturated heterocycles. The van der Waals surface area contributed by atoms with Crippen molar-refractivity contribution in [1.29, 1.82) is 0 Å². The highest BCUT2D eigenvalue weighted by Gasteiger charge is 1.95. The summed E-state index contributed by atoms with van der Waals surface area (Å²) in [7, 11) is 0. The van der Waals surface area contributed by atoms with Gasteiger partial charge in [-0.25, -0.2) is 0 Å². The minimum Gasteiger partial charge on any atom is -0.392 e. The number of terminal acetylenes is 1. The Morgan fingerprint density at radius 1 is 1.14 bits per heavy atom. The molecule has 0 atom stereocenters. The Kier molecular flexibility index (Phi) is 9.29. The van der Waals surface area contributed by atoms with E-state index in [2.05, 4.69) is 5.92 Å². The van der Waals surface area contributed by atoms with Crippen LogP contribution in [0.3, 0.4) is 0 Å². The molecule has 2 nitrogen and oxygen atoms in total. The lowest BCUT2D eigenvalue weighted by Crippen LogP contribution is -1.85. The number of thiophene rings is 1. The van der Waals surface area contributed by atoms with Gasteiger partial charge in [-0.1, -0.05) is 41.9 Å². The van der Waals surface area contributed by atoms with E-state index >= 15 is 0 Å². The van der Waals surface area contributed by atoms with Gasteiger partial charge in [0, 0.05) is 27.6 Å². The SMILES string of the molecule is C#CCc1ccc(CO)s1.OCC=C(Cl)Cc1ccccc1. The van der Waals surface area contributed by atoms with Gasteiger partial charge in [0.25, 0.3) is 0 Å². The van der Waals surface area contributed by atoms with Crippen molar-refractivity contribution in [2.45, 2.75) is 19.4 Å². The van der Waals surface area contributed by atoms with Crippen molar-refractivity contribution in [1.82, 2.24) is 0 Å². The van der Waals surface area contributed by atoms with Crippen LogP contribution in [0.15, 0.2) is 53.6 Å². The van der Waals surface area contributed by atoms with E-state index in [9.17, 15) is 0 Å². The largest absolute Gasteiger partial charge is 0.392 e. The summed E-state index contributed by atoms with van der Waals surface area (Å²) >= 11 is 7.38. The number of aliphatic hydroxyl groups excluding tert-OH is 2. The maximum absolute atomic E-state index is 8.68. The number of halogens is 1. The third-order valence-electron chi connectivity index (χ3n) is 2.68. The first-order valence-corrected chi connectivity index (χ1v) is 8.00. The Labute approximate surface area is 140 Å². The van der Waals surface area contributed by atoms with E-state index in [0.717, 1.165) is 15.3 Å². The molecule has 1 heterocycles. The molecule has 0 fully saturated rings. The molecule has 2 N–H and O–H groups in total. The summed E-state index contributed by atoms with van der Waals surface area (Å²) in [5.41, 5.74) is 1.16. The second kappa shape index (κ2) is 11.1. The van der Waals surface area contributed by atoms with Crippen molar-refractivity contribution in [3.63, 3.8) is 0 Å². The van der Waals surface area contributed by atoms with Gasteiger partial charge in [0.2, 0.25) is 0 Å². The van der Waals surface area contributed by atoms with Crippen LogP contribution in [0, 0.1) is 12.3 Å². The molecule has 116 valence electrons. The highest BCUT2D eigenvalue weighted by Crippen LogP contribution is 2.16. The molecule has 1 aromatic carbocycles. The number of aliphatic hydroxyl groups is 2. The molecular formula is C18H19ClO2S. The average Bonchev–Trinajstić information content (AvgIpc) is 2.97. The number of allylic oxidation sites excluding steroid dienone is 1. The van der Waals surface area contributed by atoms with Gasteiger partial charge in [-0.05, 0) is 23.8 Å². The first-order valence-electron chi connectivity index (χ1n) is 6.80. The smallest absolute Gasteiger partial charge is 0.0774 e. The molecule has 0 amide bonds. The minimum absolute atomic E-state index is 0.00562. The van der Waals surface area contributed by atoms with Crippen LogP contribution in [0.2, 0.25) is 0 Å². The lowest BCUT2D eigenvalue weighted by atomic mass is 10.1. The maximum atomic E-state index is 8.68. The molecule has 0 spiro atoms. The van der Waals surface area contributed by atoms with E-state index in [1.54, 1.807) is 17.4 Å². The third kappa shape index (κ3) is 7.44. The molecule has 0 saturated carbocycles. The standard InChI is InChI=1S/C10H11ClO.C8H8OS/c11-10(6-7-12)8-9-4-2-1-3-5-9;1-2-3-7-4-5-8(6-9)10-7/h1-6,12H,7-8H2;1,4-5,9H,3,6H2. The summed E-state index contributed by atoms with van der Waals surface area (Å²) in [5, 5.41) is 17.9. The van der Waals surface area contributed by atoms with Crippen LogP contribution in [0.4, 0.5) is 0 Å². The fraction of sp³-hybridized carbons (Fsp3) is 0.222. The normalized spacial score (nSPS) is 10.5. The highest BCUT2D eigenvalue weighted by atomic mass is 35.5. The van der Waals surface area contributed by atoms with E-state index in [-0.39, 0.29) is 13.2 Å². The van der Waals surface area contributed by atoms with Crippen LogP contribution < -0.4 is 0 Å². The van der Waals surface area contributed by atoms with Gasteiger partial charge in [-0.15, -0.1) is 23.7 Å². The number of hydrogen-bond acceptors (Lipinski definition) is 3. The average molecular weight is 335 g/mol. The lowest BCUT2D eigenvalue weighted by molar-refractivity contribution is 0.285. The number of rotatable bonds is 5. The van der Waals surface area contributed by atoms with E-state index in [4.69, 9.17) is 28.2 Å². The molecule has 4 heteroatoms. The van der Waals surface area contributed by atoms with Crippen LogP contribution in [0.5, 0.6) is 0 Å². The molecule has 1 aromatic heterocycles. The van der Waals surface area contributed by atoms with Crippen molar-refractivity contribution < 1.29 is 10.2 Å². The van der Waals surface area contributed by atoms with E-state index in [1.165, 1.54) is 0 Å². The molecule has 0 unspecified atom stereocenters. The molecule has 0 aliphatic carbocycles. The minimum atomic E-state index is 0.00562. The van der Waals surface area contributed by atoms with Crippen molar-refractivity contribution >= 4 is 22.9 Å². The predicted molar refractivity (Wildman–Crippen MR) is 93.9 cm³/mol. The molecule has 0 aliphatic rings. The Balaban J connectivity index is 0.000000224. The van der Waals surface area contributed by atoms with Crippen molar-refractivity contribution in [2.75, 3.05) is 6.61 Å². The Morgan fingerprint density at radius 2 is 1.82 bits per heavy atom. The number of benzene rings is 1. The van der Waals surface area contributed by atoms with Crippen LogP contribution in [-0.4, -0.2) is 16.8 Å². The summed E-state index contributed by atoms with van der Waals surface area (Å²) in [6.45, 7) is 0.126. The van der Waals surface area contributed by atoms with Crippen LogP contribution in [0.1, 0.15) is 15.3 Å². The first kappa shape index (κ1) is 18.5. The van der Waals surface area contributed by atoms with Gasteiger partial charge in [-0.3, -0.25) is 0 Å². The topological polar surface area (TPSA) is 40.5 Å². The van der Waals surface area contributed by atoms with Gasteiger partial charge >= 0.3 is 0 Å². The Hall–Kier alpha value is -1.57. The van der Waals surface area contributed by atoms with Crippen molar-refractivity contribution in [2.24, 2.45) is 0 Å². The zero-order valence-electron chi connectivity index (χ0n) is 12.2. The van der Waals surface area contributed by atoms with Crippen LogP contribution >= 0.6 is 22.9 Å². The highest BCUT2D eigenvalue weighted by molar-refractivity contribution is 7.12. The summed E-state index contributed by atoms with van der Waals surface area (Å²) in [4.78, 5) is 2.12. The molecule has 22 heavy (non-hydrogen) atoms. The summed E-state index contributed by atoms with van der Waals surface area (Å²) in [6, 6.07) is 13.8. The zero-order chi connectivity index (χ0) is 16.2. The fourth-order valence-corrected chi connectivity index (χ4v) is 2.72. The maximum Gasteiger partial charge on any atom is 0.0774 e. The molecule has 0 aliphatic heterocycles. The lowest BCUT2D eigenvalue weighted by Gasteiger charge is -1.98. The molecule has 0 radical (unpaired) electrons. The Bertz CT molecular complexity index is 612. The molecular weight excluding hydrogens is 316 g/mol. The summed E-state index contributed by atoms with van der Waals surface area (Å²) < 4.78 is 0. The van der Waals surface area contributed by atoms with Crippen molar-refractivity contribution in [3.8, 4) is 12.3 Å². The Morgan fingerprint density at radius 3 is 2.36 bits per heavy atom. The second-order valence-corrected chi connectivity index (χ2v) is 6.14. The van der Waals surface area contributed by atoms with Gasteiger partial charge < -0.3 is 10.2 Å². The van der Waals surface area contributed by atoms with Crippen LogP contribution in [0.25, 0.3) is 0 Å². The quantitative estimate of drug-likeness (QED) is 0.817. The van der Waals surface area contributed by atoms with Gasteiger partial charge in [0.1, 0.15) is 0 Å². The second-order valence-electron chi connectivity index (χ2n) is 4.40. The fourth-order valence-electron chi connectivity index (χ4n) is 1.66. The molecule has 0 bridgehead atoms. The molecule has 2 aromatic rings. The summed E-state index contributed by atoms with van der Waals surface area (Å²) in [5.74, 6) is 2.55. The predicted octanol–water partition coefficient (Wildman–Crippen LogP) is 3.76.